The third-order valence-electron chi connectivity index (χ3n) is 7.40. The molecule has 1 aromatic heterocycles. The van der Waals surface area contributed by atoms with E-state index in [1.807, 2.05) is 51.1 Å². The number of carbonyl (C=O) groups excluding carboxylic acids is 2. The van der Waals surface area contributed by atoms with Gasteiger partial charge in [0.1, 0.15) is 11.3 Å². The summed E-state index contributed by atoms with van der Waals surface area (Å²) in [5.74, 6) is -0.412. The second-order valence-corrected chi connectivity index (χ2v) is 13.7. The van der Waals surface area contributed by atoms with Crippen molar-refractivity contribution in [2.75, 3.05) is 39.9 Å². The van der Waals surface area contributed by atoms with Crippen LogP contribution in [0.1, 0.15) is 52.0 Å². The predicted molar refractivity (Wildman–Crippen MR) is 174 cm³/mol. The summed E-state index contributed by atoms with van der Waals surface area (Å²) in [5, 5.41) is 21.6. The highest BCUT2D eigenvalue weighted by Crippen LogP contribution is 2.31. The highest BCUT2D eigenvalue weighted by Gasteiger charge is 2.43. The number of aliphatic hydroxyl groups is 1. The first kappa shape index (κ1) is 36.2. The average Bonchev–Trinajstić information content (AvgIpc) is 3.47. The molecule has 0 aliphatic heterocycles. The molecule has 1 heterocycles. The second kappa shape index (κ2) is 17.4. The summed E-state index contributed by atoms with van der Waals surface area (Å²) in [6.07, 6.45) is 2.94. The van der Waals surface area contributed by atoms with E-state index in [-0.39, 0.29) is 67.6 Å². The van der Waals surface area contributed by atoms with Crippen LogP contribution in [0.4, 0.5) is 0 Å². The van der Waals surface area contributed by atoms with Gasteiger partial charge in [-0.25, -0.2) is 8.42 Å². The zero-order chi connectivity index (χ0) is 32.9. The van der Waals surface area contributed by atoms with Crippen molar-refractivity contribution in [3.63, 3.8) is 0 Å². The van der Waals surface area contributed by atoms with Crippen molar-refractivity contribution < 1.29 is 32.3 Å². The zero-order valence-corrected chi connectivity index (χ0v) is 27.6. The van der Waals surface area contributed by atoms with Crippen molar-refractivity contribution in [2.24, 2.45) is 5.92 Å². The molecule has 0 fully saturated rings. The number of carbonyl (C=O) groups is 2. The molecule has 0 spiro atoms. The van der Waals surface area contributed by atoms with Crippen LogP contribution in [0.25, 0.3) is 11.0 Å². The van der Waals surface area contributed by atoms with Crippen LogP contribution in [-0.2, 0) is 30.8 Å². The monoisotopic (exact) mass is 644 g/mol. The number of fused-ring (bicyclic) bond motifs is 1. The molecular weight excluding hydrogens is 596 g/mol. The molecule has 4 N–H and O–H groups in total. The van der Waals surface area contributed by atoms with Crippen molar-refractivity contribution in [1.82, 2.24) is 20.3 Å². The fraction of sp³-hybridized carbons (Fsp3) is 0.515. The number of methoxy groups -OCH3 is 1. The van der Waals surface area contributed by atoms with Gasteiger partial charge < -0.3 is 30.2 Å². The van der Waals surface area contributed by atoms with Crippen LogP contribution in [0.2, 0.25) is 0 Å². The number of sulfonamides is 1. The largest absolute Gasteiger partial charge is 0.464 e. The Bertz CT molecular complexity index is 1460. The van der Waals surface area contributed by atoms with Gasteiger partial charge in [-0.3, -0.25) is 9.59 Å². The van der Waals surface area contributed by atoms with Crippen LogP contribution < -0.4 is 16.0 Å². The summed E-state index contributed by atoms with van der Waals surface area (Å²) in [6.45, 7) is 7.14. The SMILES string of the molecule is COCCNCC(=O)NC(C)CCCC(=O)NCCC(O)(Cc1ccccc1)N(CC(C)C)S(=O)(=O)c1ccc2occc2c1. The number of nitrogens with one attached hydrogen (secondary N) is 3. The molecule has 248 valence electrons. The number of hydrogen-bond donors (Lipinski definition) is 4. The van der Waals surface area contributed by atoms with E-state index in [1.165, 1.54) is 16.6 Å². The van der Waals surface area contributed by atoms with Crippen LogP contribution in [0.15, 0.2) is 70.2 Å². The molecule has 12 heteroatoms. The van der Waals surface area contributed by atoms with E-state index in [4.69, 9.17) is 9.15 Å². The minimum Gasteiger partial charge on any atom is -0.464 e. The standard InChI is InChI=1S/C33H48N4O7S/c1-25(2)24-37(45(41,42)29-13-14-30-28(21-29)15-19-44-30)33(40,22-27-10-6-5-7-11-27)16-17-35-31(38)12-8-9-26(3)36-32(39)23-34-18-20-43-4/h5-7,10-11,13-15,19,21,25-26,34,40H,8-9,12,16-18,20,22-24H2,1-4H3,(H,35,38)(H,36,39). The van der Waals surface area contributed by atoms with Crippen molar-refractivity contribution in [3.8, 4) is 0 Å². The minimum absolute atomic E-state index is 0.0178. The highest BCUT2D eigenvalue weighted by molar-refractivity contribution is 7.89. The van der Waals surface area contributed by atoms with Crippen LogP contribution in [-0.4, -0.2) is 81.3 Å². The molecule has 0 saturated heterocycles. The summed E-state index contributed by atoms with van der Waals surface area (Å²) in [6, 6.07) is 15.5. The molecule has 2 unspecified atom stereocenters. The fourth-order valence-electron chi connectivity index (χ4n) is 5.11. The Morgan fingerprint density at radius 3 is 2.51 bits per heavy atom. The molecule has 0 aliphatic rings. The number of amides is 2. The maximum Gasteiger partial charge on any atom is 0.245 e. The van der Waals surface area contributed by atoms with E-state index in [9.17, 15) is 23.1 Å². The molecule has 0 bridgehead atoms. The molecule has 3 rings (SSSR count). The van der Waals surface area contributed by atoms with Crippen molar-refractivity contribution in [1.29, 1.82) is 0 Å². The topological polar surface area (TPSA) is 150 Å². The van der Waals surface area contributed by atoms with Gasteiger partial charge in [0.15, 0.2) is 0 Å². The molecule has 2 aromatic carbocycles. The first-order valence-corrected chi connectivity index (χ1v) is 16.9. The lowest BCUT2D eigenvalue weighted by atomic mass is 9.98. The Labute approximate surface area is 266 Å². The van der Waals surface area contributed by atoms with E-state index in [1.54, 1.807) is 25.3 Å². The lowest BCUT2D eigenvalue weighted by molar-refractivity contribution is -0.122. The third-order valence-corrected chi connectivity index (χ3v) is 9.32. The van der Waals surface area contributed by atoms with E-state index in [0.717, 1.165) is 5.56 Å². The first-order valence-electron chi connectivity index (χ1n) is 15.5. The summed E-state index contributed by atoms with van der Waals surface area (Å²) in [5.41, 5.74) is -0.483. The number of hydrogen-bond acceptors (Lipinski definition) is 8. The predicted octanol–water partition coefficient (Wildman–Crippen LogP) is 3.43. The second-order valence-electron chi connectivity index (χ2n) is 11.8. The minimum atomic E-state index is -4.15. The number of rotatable bonds is 20. The maximum absolute atomic E-state index is 14.1. The van der Waals surface area contributed by atoms with Crippen molar-refractivity contribution >= 4 is 32.8 Å². The fourth-order valence-corrected chi connectivity index (χ4v) is 6.98. The van der Waals surface area contributed by atoms with Crippen LogP contribution in [0, 0.1) is 5.92 Å². The molecule has 2 amide bonds. The van der Waals surface area contributed by atoms with Crippen LogP contribution in [0.5, 0.6) is 0 Å². The Balaban J connectivity index is 1.66. The van der Waals surface area contributed by atoms with Gasteiger partial charge in [-0.05, 0) is 55.5 Å². The van der Waals surface area contributed by atoms with Gasteiger partial charge in [-0.1, -0.05) is 44.2 Å². The smallest absolute Gasteiger partial charge is 0.245 e. The summed E-state index contributed by atoms with van der Waals surface area (Å²) >= 11 is 0. The Morgan fingerprint density at radius 2 is 1.80 bits per heavy atom. The van der Waals surface area contributed by atoms with Crippen molar-refractivity contribution in [2.45, 2.75) is 69.5 Å². The number of ether oxygens (including phenoxy) is 1. The van der Waals surface area contributed by atoms with Crippen molar-refractivity contribution in [3.05, 3.63) is 66.4 Å². The third kappa shape index (κ3) is 11.2. The number of furan rings is 1. The van der Waals surface area contributed by atoms with E-state index >= 15 is 0 Å². The quantitative estimate of drug-likeness (QED) is 0.108. The molecule has 3 aromatic rings. The lowest BCUT2D eigenvalue weighted by Crippen LogP contribution is -2.55. The Morgan fingerprint density at radius 1 is 1.04 bits per heavy atom. The van der Waals surface area contributed by atoms with Gasteiger partial charge in [0.2, 0.25) is 21.8 Å². The van der Waals surface area contributed by atoms with Gasteiger partial charge in [0.05, 0.1) is 24.3 Å². The molecule has 45 heavy (non-hydrogen) atoms. The molecule has 0 radical (unpaired) electrons. The van der Waals surface area contributed by atoms with E-state index in [0.29, 0.717) is 37.0 Å². The summed E-state index contributed by atoms with van der Waals surface area (Å²) in [7, 11) is -2.55. The van der Waals surface area contributed by atoms with Gasteiger partial charge in [-0.2, -0.15) is 4.31 Å². The van der Waals surface area contributed by atoms with Crippen LogP contribution >= 0.6 is 0 Å². The Hall–Kier alpha value is -3.29. The summed E-state index contributed by atoms with van der Waals surface area (Å²) in [4.78, 5) is 24.8. The number of nitrogens with zero attached hydrogens (tertiary/aromatic N) is 1. The zero-order valence-electron chi connectivity index (χ0n) is 26.8. The molecule has 0 saturated carbocycles. The Kier molecular flexibility index (Phi) is 14.0. The van der Waals surface area contributed by atoms with E-state index < -0.39 is 15.7 Å². The lowest BCUT2D eigenvalue weighted by Gasteiger charge is -2.40. The molecule has 2 atom stereocenters. The molecular formula is C33H48N4O7S. The van der Waals surface area contributed by atoms with Gasteiger partial charge in [0, 0.05) is 57.4 Å². The van der Waals surface area contributed by atoms with Gasteiger partial charge >= 0.3 is 0 Å². The molecule has 0 aliphatic carbocycles. The normalized spacial score (nSPS) is 14.0. The average molecular weight is 645 g/mol. The van der Waals surface area contributed by atoms with Crippen LogP contribution in [0.3, 0.4) is 0 Å². The molecule has 11 nitrogen and oxygen atoms in total. The van der Waals surface area contributed by atoms with Gasteiger partial charge in [0.25, 0.3) is 0 Å². The highest BCUT2D eigenvalue weighted by atomic mass is 32.2. The summed E-state index contributed by atoms with van der Waals surface area (Å²) < 4.78 is 39.8. The first-order chi connectivity index (χ1) is 21.4. The van der Waals surface area contributed by atoms with Gasteiger partial charge in [-0.15, -0.1) is 0 Å². The van der Waals surface area contributed by atoms with E-state index in [2.05, 4.69) is 16.0 Å². The number of benzene rings is 2. The maximum atomic E-state index is 14.1.